The fourth-order valence-corrected chi connectivity index (χ4v) is 2.14. The van der Waals surface area contributed by atoms with E-state index in [1.165, 1.54) is 6.33 Å². The first-order valence-electron chi connectivity index (χ1n) is 5.92. The maximum Gasteiger partial charge on any atom is 0.138 e. The van der Waals surface area contributed by atoms with Gasteiger partial charge in [-0.3, -0.25) is 4.68 Å². The molecular formula is C13H16ClN3O. The second-order valence-corrected chi connectivity index (χ2v) is 4.65. The number of hydrogen-bond donors (Lipinski definition) is 1. The standard InChI is InChI=1S/C13H16ClN3O/c1-3-17-13(15-8-16-17)7-12(18)11-6-10(14)5-4-9(11)2/h4-6,8,12,18H,3,7H2,1-2H3. The van der Waals surface area contributed by atoms with Gasteiger partial charge in [0.25, 0.3) is 0 Å². The van der Waals surface area contributed by atoms with Crippen LogP contribution in [-0.2, 0) is 13.0 Å². The van der Waals surface area contributed by atoms with Gasteiger partial charge in [-0.25, -0.2) is 4.98 Å². The predicted molar refractivity (Wildman–Crippen MR) is 70.5 cm³/mol. The molecule has 0 aliphatic rings. The van der Waals surface area contributed by atoms with Gasteiger partial charge in [-0.05, 0) is 37.1 Å². The summed E-state index contributed by atoms with van der Waals surface area (Å²) in [7, 11) is 0. The Kier molecular flexibility index (Phi) is 3.99. The lowest BCUT2D eigenvalue weighted by Crippen LogP contribution is -2.10. The minimum Gasteiger partial charge on any atom is -0.388 e. The first kappa shape index (κ1) is 13.1. The Hall–Kier alpha value is -1.39. The van der Waals surface area contributed by atoms with Crippen molar-refractivity contribution in [3.8, 4) is 0 Å². The van der Waals surface area contributed by atoms with Crippen molar-refractivity contribution in [3.63, 3.8) is 0 Å². The zero-order valence-electron chi connectivity index (χ0n) is 10.5. The molecule has 1 aromatic heterocycles. The molecule has 5 heteroatoms. The third kappa shape index (κ3) is 2.71. The molecule has 1 atom stereocenters. The molecule has 0 aliphatic carbocycles. The summed E-state index contributed by atoms with van der Waals surface area (Å²) in [5.74, 6) is 0.782. The molecular weight excluding hydrogens is 250 g/mol. The van der Waals surface area contributed by atoms with Gasteiger partial charge in [-0.1, -0.05) is 17.7 Å². The number of aliphatic hydroxyl groups is 1. The van der Waals surface area contributed by atoms with E-state index >= 15 is 0 Å². The Morgan fingerprint density at radius 1 is 1.44 bits per heavy atom. The maximum absolute atomic E-state index is 10.3. The van der Waals surface area contributed by atoms with E-state index in [-0.39, 0.29) is 0 Å². The average Bonchev–Trinajstić information content (AvgIpc) is 2.79. The summed E-state index contributed by atoms with van der Waals surface area (Å²) in [4.78, 5) is 4.16. The van der Waals surface area contributed by atoms with Crippen LogP contribution in [0, 0.1) is 6.92 Å². The molecule has 0 radical (unpaired) electrons. The summed E-state index contributed by atoms with van der Waals surface area (Å²) in [5.41, 5.74) is 1.86. The SMILES string of the molecule is CCn1ncnc1CC(O)c1cc(Cl)ccc1C. The van der Waals surface area contributed by atoms with Crippen LogP contribution in [0.3, 0.4) is 0 Å². The van der Waals surface area contributed by atoms with Gasteiger partial charge < -0.3 is 5.11 Å². The summed E-state index contributed by atoms with van der Waals surface area (Å²) >= 11 is 5.96. The summed E-state index contributed by atoms with van der Waals surface area (Å²) in [5, 5.41) is 15.0. The molecule has 18 heavy (non-hydrogen) atoms. The van der Waals surface area contributed by atoms with Gasteiger partial charge in [-0.2, -0.15) is 5.10 Å². The van der Waals surface area contributed by atoms with E-state index in [0.29, 0.717) is 11.4 Å². The van der Waals surface area contributed by atoms with E-state index in [1.807, 2.05) is 26.0 Å². The molecule has 0 saturated heterocycles. The third-order valence-corrected chi connectivity index (χ3v) is 3.21. The Labute approximate surface area is 111 Å². The van der Waals surface area contributed by atoms with Gasteiger partial charge in [0.15, 0.2) is 0 Å². The molecule has 1 unspecified atom stereocenters. The quantitative estimate of drug-likeness (QED) is 0.924. The second-order valence-electron chi connectivity index (χ2n) is 4.21. The summed E-state index contributed by atoms with van der Waals surface area (Å²) in [6.07, 6.45) is 1.34. The van der Waals surface area contributed by atoms with Crippen molar-refractivity contribution in [1.82, 2.24) is 14.8 Å². The van der Waals surface area contributed by atoms with Crippen LogP contribution >= 0.6 is 11.6 Å². The van der Waals surface area contributed by atoms with Crippen molar-refractivity contribution in [3.05, 3.63) is 46.5 Å². The first-order chi connectivity index (χ1) is 8.61. The smallest absolute Gasteiger partial charge is 0.138 e. The van der Waals surface area contributed by atoms with Crippen LogP contribution in [0.15, 0.2) is 24.5 Å². The van der Waals surface area contributed by atoms with Crippen molar-refractivity contribution < 1.29 is 5.11 Å². The number of aliphatic hydroxyl groups excluding tert-OH is 1. The monoisotopic (exact) mass is 265 g/mol. The summed E-state index contributed by atoms with van der Waals surface area (Å²) in [6.45, 7) is 4.70. The average molecular weight is 266 g/mol. The topological polar surface area (TPSA) is 50.9 Å². The molecule has 2 rings (SSSR count). The molecule has 4 nitrogen and oxygen atoms in total. The van der Waals surface area contributed by atoms with Gasteiger partial charge in [0, 0.05) is 18.0 Å². The molecule has 1 N–H and O–H groups in total. The van der Waals surface area contributed by atoms with E-state index in [4.69, 9.17) is 11.6 Å². The van der Waals surface area contributed by atoms with Crippen LogP contribution in [-0.4, -0.2) is 19.9 Å². The number of nitrogens with zero attached hydrogens (tertiary/aromatic N) is 3. The lowest BCUT2D eigenvalue weighted by Gasteiger charge is -2.14. The molecule has 0 aliphatic heterocycles. The first-order valence-corrected chi connectivity index (χ1v) is 6.30. The van der Waals surface area contributed by atoms with E-state index in [0.717, 1.165) is 23.5 Å². The molecule has 1 heterocycles. The van der Waals surface area contributed by atoms with Crippen LogP contribution in [0.1, 0.15) is 30.0 Å². The molecule has 0 amide bonds. The van der Waals surface area contributed by atoms with Crippen LogP contribution in [0.4, 0.5) is 0 Å². The minimum absolute atomic E-state index is 0.440. The number of hydrogen-bond acceptors (Lipinski definition) is 3. The van der Waals surface area contributed by atoms with E-state index in [1.54, 1.807) is 10.7 Å². The molecule has 0 saturated carbocycles. The number of halogens is 1. The van der Waals surface area contributed by atoms with Crippen molar-refractivity contribution in [2.24, 2.45) is 0 Å². The third-order valence-electron chi connectivity index (χ3n) is 2.97. The fourth-order valence-electron chi connectivity index (χ4n) is 1.96. The Balaban J connectivity index is 2.21. The normalized spacial score (nSPS) is 12.7. The van der Waals surface area contributed by atoms with Gasteiger partial charge in [0.05, 0.1) is 6.10 Å². The van der Waals surface area contributed by atoms with E-state index in [2.05, 4.69) is 10.1 Å². The Bertz CT molecular complexity index is 539. The van der Waals surface area contributed by atoms with E-state index in [9.17, 15) is 5.11 Å². The van der Waals surface area contributed by atoms with Gasteiger partial charge >= 0.3 is 0 Å². The molecule has 96 valence electrons. The maximum atomic E-state index is 10.3. The second kappa shape index (κ2) is 5.50. The molecule has 2 aromatic rings. The van der Waals surface area contributed by atoms with Crippen molar-refractivity contribution in [1.29, 1.82) is 0 Å². The highest BCUT2D eigenvalue weighted by Gasteiger charge is 2.15. The predicted octanol–water partition coefficient (Wildman–Crippen LogP) is 2.54. The lowest BCUT2D eigenvalue weighted by atomic mass is 10.0. The molecule has 0 fully saturated rings. The molecule has 0 bridgehead atoms. The van der Waals surface area contributed by atoms with Crippen molar-refractivity contribution >= 4 is 11.6 Å². The molecule has 0 spiro atoms. The number of benzene rings is 1. The zero-order chi connectivity index (χ0) is 13.1. The van der Waals surface area contributed by atoms with Crippen molar-refractivity contribution in [2.75, 3.05) is 0 Å². The largest absolute Gasteiger partial charge is 0.388 e. The van der Waals surface area contributed by atoms with Gasteiger partial charge in [0.1, 0.15) is 12.2 Å². The minimum atomic E-state index is -0.613. The zero-order valence-corrected chi connectivity index (χ0v) is 11.2. The highest BCUT2D eigenvalue weighted by Crippen LogP contribution is 2.24. The highest BCUT2D eigenvalue weighted by atomic mass is 35.5. The van der Waals surface area contributed by atoms with Gasteiger partial charge in [0.2, 0.25) is 0 Å². The number of aryl methyl sites for hydroxylation is 2. The van der Waals surface area contributed by atoms with Crippen molar-refractivity contribution in [2.45, 2.75) is 32.9 Å². The van der Waals surface area contributed by atoms with Crippen LogP contribution in [0.25, 0.3) is 0 Å². The fraction of sp³-hybridized carbons (Fsp3) is 0.385. The lowest BCUT2D eigenvalue weighted by molar-refractivity contribution is 0.173. The summed E-state index contributed by atoms with van der Waals surface area (Å²) < 4.78 is 1.78. The number of rotatable bonds is 4. The van der Waals surface area contributed by atoms with E-state index < -0.39 is 6.10 Å². The number of aromatic nitrogens is 3. The highest BCUT2D eigenvalue weighted by molar-refractivity contribution is 6.30. The Morgan fingerprint density at radius 2 is 2.22 bits per heavy atom. The van der Waals surface area contributed by atoms with Crippen LogP contribution < -0.4 is 0 Å². The summed E-state index contributed by atoms with van der Waals surface area (Å²) in [6, 6.07) is 5.53. The molecule has 1 aromatic carbocycles. The van der Waals surface area contributed by atoms with Crippen LogP contribution in [0.5, 0.6) is 0 Å². The van der Waals surface area contributed by atoms with Gasteiger partial charge in [-0.15, -0.1) is 0 Å². The Morgan fingerprint density at radius 3 is 2.94 bits per heavy atom. The van der Waals surface area contributed by atoms with Crippen LogP contribution in [0.2, 0.25) is 5.02 Å².